The van der Waals surface area contributed by atoms with Crippen molar-refractivity contribution in [2.24, 2.45) is 5.92 Å². The van der Waals surface area contributed by atoms with Crippen molar-refractivity contribution in [3.63, 3.8) is 0 Å². The zero-order valence-electron chi connectivity index (χ0n) is 18.1. The molecule has 6 heteroatoms. The highest BCUT2D eigenvalue weighted by Crippen LogP contribution is 2.22. The maximum Gasteiger partial charge on any atom is 0.251 e. The highest BCUT2D eigenvalue weighted by molar-refractivity contribution is 5.94. The average Bonchev–Trinajstić information content (AvgIpc) is 2.78. The molecular formula is C26H25N3O3. The first-order chi connectivity index (χ1) is 15.4. The molecule has 32 heavy (non-hydrogen) atoms. The highest BCUT2D eigenvalue weighted by Gasteiger charge is 2.09. The molecular weight excluding hydrogens is 402 g/mol. The van der Waals surface area contributed by atoms with E-state index in [1.54, 1.807) is 48.5 Å². The van der Waals surface area contributed by atoms with Gasteiger partial charge in [-0.2, -0.15) is 5.26 Å². The molecule has 3 rings (SSSR count). The van der Waals surface area contributed by atoms with Gasteiger partial charge in [0, 0.05) is 24.2 Å². The van der Waals surface area contributed by atoms with E-state index in [0.717, 1.165) is 5.56 Å². The fourth-order valence-corrected chi connectivity index (χ4v) is 3.06. The van der Waals surface area contributed by atoms with Crippen LogP contribution in [0.1, 0.15) is 41.8 Å². The van der Waals surface area contributed by atoms with E-state index in [1.165, 1.54) is 0 Å². The Balaban J connectivity index is 1.59. The summed E-state index contributed by atoms with van der Waals surface area (Å²) in [5, 5.41) is 14.7. The monoisotopic (exact) mass is 427 g/mol. The summed E-state index contributed by atoms with van der Waals surface area (Å²) in [6, 6.07) is 23.1. The van der Waals surface area contributed by atoms with E-state index in [-0.39, 0.29) is 17.7 Å². The Labute approximate surface area is 187 Å². The molecule has 0 unspecified atom stereocenters. The molecule has 0 saturated heterocycles. The number of hydrogen-bond acceptors (Lipinski definition) is 4. The molecule has 0 spiro atoms. The van der Waals surface area contributed by atoms with E-state index < -0.39 is 0 Å². The molecule has 0 atom stereocenters. The van der Waals surface area contributed by atoms with Gasteiger partial charge >= 0.3 is 0 Å². The van der Waals surface area contributed by atoms with Gasteiger partial charge in [0.2, 0.25) is 5.91 Å². The van der Waals surface area contributed by atoms with Crippen molar-refractivity contribution >= 4 is 17.5 Å². The summed E-state index contributed by atoms with van der Waals surface area (Å²) >= 11 is 0. The lowest BCUT2D eigenvalue weighted by molar-refractivity contribution is -0.116. The number of hydrogen-bond donors (Lipinski definition) is 2. The van der Waals surface area contributed by atoms with Crippen molar-refractivity contribution in [3.8, 4) is 17.6 Å². The van der Waals surface area contributed by atoms with Gasteiger partial charge < -0.3 is 15.4 Å². The fourth-order valence-electron chi connectivity index (χ4n) is 3.06. The molecule has 0 saturated carbocycles. The van der Waals surface area contributed by atoms with E-state index in [9.17, 15) is 9.59 Å². The lowest BCUT2D eigenvalue weighted by Gasteiger charge is -2.10. The number of nitriles is 1. The van der Waals surface area contributed by atoms with Gasteiger partial charge in [-0.25, -0.2) is 0 Å². The molecule has 0 aliphatic heterocycles. The summed E-state index contributed by atoms with van der Waals surface area (Å²) in [6.07, 6.45) is 0.460. The first-order valence-corrected chi connectivity index (χ1v) is 10.4. The second-order valence-electron chi connectivity index (χ2n) is 7.80. The normalized spacial score (nSPS) is 10.3. The first-order valence-electron chi connectivity index (χ1n) is 10.4. The fraction of sp³-hybridized carbons (Fsp3) is 0.192. The number of nitrogens with zero attached hydrogens (tertiary/aromatic N) is 1. The summed E-state index contributed by atoms with van der Waals surface area (Å²) in [7, 11) is 0. The molecule has 6 nitrogen and oxygen atoms in total. The van der Waals surface area contributed by atoms with Gasteiger partial charge in [-0.1, -0.05) is 32.0 Å². The summed E-state index contributed by atoms with van der Waals surface area (Å²) < 4.78 is 5.78. The third-order valence-electron chi connectivity index (χ3n) is 4.57. The van der Waals surface area contributed by atoms with Crippen LogP contribution in [0.2, 0.25) is 0 Å². The van der Waals surface area contributed by atoms with Crippen molar-refractivity contribution < 1.29 is 14.3 Å². The highest BCUT2D eigenvalue weighted by atomic mass is 16.5. The number of carbonyl (C=O) groups excluding carboxylic acids is 2. The number of ether oxygens (including phenoxy) is 1. The van der Waals surface area contributed by atoms with Crippen LogP contribution >= 0.6 is 0 Å². The Kier molecular flexibility index (Phi) is 7.60. The minimum atomic E-state index is -0.232. The molecule has 0 radical (unpaired) electrons. The summed E-state index contributed by atoms with van der Waals surface area (Å²) in [6.45, 7) is 4.32. The van der Waals surface area contributed by atoms with E-state index in [2.05, 4.69) is 16.7 Å². The van der Waals surface area contributed by atoms with Gasteiger partial charge in [-0.05, 0) is 66.1 Å². The first kappa shape index (κ1) is 22.6. The molecule has 162 valence electrons. The lowest BCUT2D eigenvalue weighted by atomic mass is 10.1. The van der Waals surface area contributed by atoms with E-state index in [0.29, 0.717) is 41.3 Å². The third-order valence-corrected chi connectivity index (χ3v) is 4.57. The van der Waals surface area contributed by atoms with Crippen molar-refractivity contribution in [2.75, 3.05) is 5.32 Å². The molecule has 0 aliphatic carbocycles. The van der Waals surface area contributed by atoms with Crippen LogP contribution in [-0.4, -0.2) is 11.8 Å². The molecule has 0 aliphatic rings. The van der Waals surface area contributed by atoms with Gasteiger partial charge in [-0.15, -0.1) is 0 Å². The zero-order chi connectivity index (χ0) is 22.9. The van der Waals surface area contributed by atoms with Crippen molar-refractivity contribution in [2.45, 2.75) is 26.8 Å². The van der Waals surface area contributed by atoms with Gasteiger partial charge in [0.25, 0.3) is 5.91 Å². The van der Waals surface area contributed by atoms with Gasteiger partial charge in [-0.3, -0.25) is 9.59 Å². The van der Waals surface area contributed by atoms with Crippen LogP contribution in [0.25, 0.3) is 0 Å². The van der Waals surface area contributed by atoms with Crippen molar-refractivity contribution in [3.05, 3.63) is 89.5 Å². The minimum absolute atomic E-state index is 0.0275. The Morgan fingerprint density at radius 3 is 2.44 bits per heavy atom. The van der Waals surface area contributed by atoms with Crippen molar-refractivity contribution in [1.29, 1.82) is 5.26 Å². The average molecular weight is 428 g/mol. The van der Waals surface area contributed by atoms with Gasteiger partial charge in [0.1, 0.15) is 11.5 Å². The molecule has 0 aromatic heterocycles. The number of rotatable bonds is 8. The number of carbonyl (C=O) groups is 2. The largest absolute Gasteiger partial charge is 0.457 e. The number of anilines is 1. The van der Waals surface area contributed by atoms with Gasteiger partial charge in [0.05, 0.1) is 11.6 Å². The summed E-state index contributed by atoms with van der Waals surface area (Å²) in [5.74, 6) is 1.13. The maximum absolute atomic E-state index is 12.6. The predicted molar refractivity (Wildman–Crippen MR) is 123 cm³/mol. The number of benzene rings is 3. The quantitative estimate of drug-likeness (QED) is 0.513. The summed E-state index contributed by atoms with van der Waals surface area (Å²) in [5.41, 5.74) is 2.61. The van der Waals surface area contributed by atoms with Crippen molar-refractivity contribution in [1.82, 2.24) is 5.32 Å². The second kappa shape index (κ2) is 10.8. The molecule has 0 fully saturated rings. The Morgan fingerprint density at radius 1 is 0.969 bits per heavy atom. The van der Waals surface area contributed by atoms with Crippen LogP contribution in [0, 0.1) is 17.2 Å². The lowest BCUT2D eigenvalue weighted by Crippen LogP contribution is -2.22. The summed E-state index contributed by atoms with van der Waals surface area (Å²) in [4.78, 5) is 24.6. The van der Waals surface area contributed by atoms with E-state index in [1.807, 2.05) is 38.1 Å². The molecule has 3 aromatic rings. The Hall–Kier alpha value is -4.11. The molecule has 2 N–H and O–H groups in total. The standard InChI is InChI=1S/C26H25N3O3/c1-18(2)13-25(30)29-22-7-3-5-20(14-22)17-28-26(31)21-6-4-8-24(15-21)32-23-11-9-19(16-27)10-12-23/h3-12,14-15,18H,13,17H2,1-2H3,(H,28,31)(H,29,30). The molecule has 0 bridgehead atoms. The van der Waals surface area contributed by atoms with Crippen LogP contribution in [-0.2, 0) is 11.3 Å². The maximum atomic E-state index is 12.6. The van der Waals surface area contributed by atoms with Crippen LogP contribution in [0.15, 0.2) is 72.8 Å². The van der Waals surface area contributed by atoms with Crippen LogP contribution in [0.3, 0.4) is 0 Å². The molecule has 2 amide bonds. The van der Waals surface area contributed by atoms with Crippen LogP contribution in [0.5, 0.6) is 11.5 Å². The van der Waals surface area contributed by atoms with Gasteiger partial charge in [0.15, 0.2) is 0 Å². The Bertz CT molecular complexity index is 1130. The zero-order valence-corrected chi connectivity index (χ0v) is 18.1. The SMILES string of the molecule is CC(C)CC(=O)Nc1cccc(CNC(=O)c2cccc(Oc3ccc(C#N)cc3)c2)c1. The predicted octanol–water partition coefficient (Wildman–Crippen LogP) is 5.27. The van der Waals surface area contributed by atoms with E-state index >= 15 is 0 Å². The van der Waals surface area contributed by atoms with Crippen LogP contribution < -0.4 is 15.4 Å². The number of amides is 2. The van der Waals surface area contributed by atoms with Crippen LogP contribution in [0.4, 0.5) is 5.69 Å². The smallest absolute Gasteiger partial charge is 0.251 e. The molecule has 0 heterocycles. The Morgan fingerprint density at radius 2 is 1.72 bits per heavy atom. The molecule has 3 aromatic carbocycles. The number of nitrogens with one attached hydrogen (secondary N) is 2. The topological polar surface area (TPSA) is 91.2 Å². The van der Waals surface area contributed by atoms with E-state index in [4.69, 9.17) is 10.00 Å². The third kappa shape index (κ3) is 6.71. The second-order valence-corrected chi connectivity index (χ2v) is 7.80. The minimum Gasteiger partial charge on any atom is -0.457 e.